The molecule has 1 aliphatic heterocycles. The quantitative estimate of drug-likeness (QED) is 0.668. The zero-order valence-corrected chi connectivity index (χ0v) is 9.05. The molecule has 0 unspecified atom stereocenters. The largest absolute Gasteiger partial charge is 0.312 e. The van der Waals surface area contributed by atoms with Crippen LogP contribution >= 0.6 is 0 Å². The van der Waals surface area contributed by atoms with Gasteiger partial charge in [-0.25, -0.2) is 0 Å². The van der Waals surface area contributed by atoms with Crippen molar-refractivity contribution in [1.82, 2.24) is 15.5 Å². The molecule has 15 heavy (non-hydrogen) atoms. The Morgan fingerprint density at radius 2 is 2.33 bits per heavy atom. The first-order valence-electron chi connectivity index (χ1n) is 5.26. The monoisotopic (exact) mass is 208 g/mol. The molecule has 0 aromatic carbocycles. The van der Waals surface area contributed by atoms with Crippen LogP contribution in [0.3, 0.4) is 0 Å². The first-order chi connectivity index (χ1) is 7.18. The summed E-state index contributed by atoms with van der Waals surface area (Å²) in [5.41, 5.74) is 2.23. The number of aromatic amines is 1. The maximum atomic E-state index is 11.5. The van der Waals surface area contributed by atoms with Gasteiger partial charge in [0.2, 0.25) is 5.91 Å². The van der Waals surface area contributed by atoms with Crippen LogP contribution in [0, 0.1) is 5.92 Å². The van der Waals surface area contributed by atoms with Crippen molar-refractivity contribution in [2.24, 2.45) is 5.92 Å². The van der Waals surface area contributed by atoms with E-state index in [4.69, 9.17) is 0 Å². The fourth-order valence-electron chi connectivity index (χ4n) is 1.59. The van der Waals surface area contributed by atoms with Gasteiger partial charge in [0, 0.05) is 36.7 Å². The van der Waals surface area contributed by atoms with E-state index in [0.29, 0.717) is 5.82 Å². The van der Waals surface area contributed by atoms with Crippen LogP contribution in [0.15, 0.2) is 0 Å². The Morgan fingerprint density at radius 1 is 1.53 bits per heavy atom. The molecule has 82 valence electrons. The number of H-pyrrole nitrogens is 1. The Hall–Kier alpha value is -1.36. The summed E-state index contributed by atoms with van der Waals surface area (Å²) >= 11 is 0. The lowest BCUT2D eigenvalue weighted by atomic mass is 10.1. The zero-order chi connectivity index (χ0) is 10.8. The number of fused-ring (bicyclic) bond motifs is 1. The summed E-state index contributed by atoms with van der Waals surface area (Å²) in [7, 11) is 0. The number of anilines is 1. The van der Waals surface area contributed by atoms with Crippen molar-refractivity contribution in [3.63, 3.8) is 0 Å². The van der Waals surface area contributed by atoms with E-state index in [-0.39, 0.29) is 11.8 Å². The smallest absolute Gasteiger partial charge is 0.228 e. The predicted octanol–water partition coefficient (Wildman–Crippen LogP) is 0.650. The summed E-state index contributed by atoms with van der Waals surface area (Å²) in [6.45, 7) is 5.48. The number of hydrogen-bond acceptors (Lipinski definition) is 3. The van der Waals surface area contributed by atoms with E-state index >= 15 is 0 Å². The van der Waals surface area contributed by atoms with Crippen LogP contribution in [0.5, 0.6) is 0 Å². The topological polar surface area (TPSA) is 69.8 Å². The molecule has 0 radical (unpaired) electrons. The van der Waals surface area contributed by atoms with Crippen LogP contribution in [0.25, 0.3) is 0 Å². The average Bonchev–Trinajstić information content (AvgIpc) is 2.62. The molecule has 2 rings (SSSR count). The van der Waals surface area contributed by atoms with Gasteiger partial charge in [0.15, 0.2) is 5.82 Å². The standard InChI is InChI=1S/C10H16N4O/c1-6(2)10(15)12-9-7-5-11-4-3-8(7)13-14-9/h6,11H,3-5H2,1-2H3,(H2,12,13,14,15). The number of carbonyl (C=O) groups is 1. The summed E-state index contributed by atoms with van der Waals surface area (Å²) in [6.07, 6.45) is 0.944. The average molecular weight is 208 g/mol. The zero-order valence-electron chi connectivity index (χ0n) is 9.05. The minimum atomic E-state index is -0.0195. The number of nitrogens with zero attached hydrogens (tertiary/aromatic N) is 1. The van der Waals surface area contributed by atoms with Gasteiger partial charge in [-0.15, -0.1) is 0 Å². The molecule has 2 heterocycles. The second kappa shape index (κ2) is 4.02. The molecule has 5 nitrogen and oxygen atoms in total. The highest BCUT2D eigenvalue weighted by Gasteiger charge is 2.18. The summed E-state index contributed by atoms with van der Waals surface area (Å²) in [5.74, 6) is 0.666. The van der Waals surface area contributed by atoms with Gasteiger partial charge in [-0.05, 0) is 0 Å². The maximum Gasteiger partial charge on any atom is 0.228 e. The molecule has 0 fully saturated rings. The third kappa shape index (κ3) is 2.02. The number of carbonyl (C=O) groups excluding carboxylic acids is 1. The van der Waals surface area contributed by atoms with Crippen molar-refractivity contribution in [3.05, 3.63) is 11.3 Å². The van der Waals surface area contributed by atoms with Crippen molar-refractivity contribution < 1.29 is 4.79 Å². The van der Waals surface area contributed by atoms with E-state index < -0.39 is 0 Å². The van der Waals surface area contributed by atoms with E-state index in [1.165, 1.54) is 0 Å². The van der Waals surface area contributed by atoms with Gasteiger partial charge in [-0.2, -0.15) is 5.10 Å². The molecule has 0 spiro atoms. The molecule has 1 amide bonds. The van der Waals surface area contributed by atoms with E-state index in [1.807, 2.05) is 13.8 Å². The molecule has 0 saturated heterocycles. The minimum Gasteiger partial charge on any atom is -0.312 e. The van der Waals surface area contributed by atoms with Gasteiger partial charge < -0.3 is 10.6 Å². The Kier molecular flexibility index (Phi) is 2.73. The third-order valence-corrected chi connectivity index (χ3v) is 2.57. The number of rotatable bonds is 2. The Bertz CT molecular complexity index is 369. The first kappa shape index (κ1) is 10.2. The van der Waals surface area contributed by atoms with Crippen molar-refractivity contribution >= 4 is 11.7 Å². The molecular weight excluding hydrogens is 192 g/mol. The van der Waals surface area contributed by atoms with Crippen LogP contribution in [-0.4, -0.2) is 22.6 Å². The highest BCUT2D eigenvalue weighted by molar-refractivity contribution is 5.91. The summed E-state index contributed by atoms with van der Waals surface area (Å²) in [6, 6.07) is 0. The molecule has 0 aliphatic carbocycles. The highest BCUT2D eigenvalue weighted by Crippen LogP contribution is 2.19. The van der Waals surface area contributed by atoms with Gasteiger partial charge in [0.1, 0.15) is 0 Å². The molecular formula is C10H16N4O. The Labute approximate surface area is 88.6 Å². The van der Waals surface area contributed by atoms with Crippen molar-refractivity contribution in [2.75, 3.05) is 11.9 Å². The van der Waals surface area contributed by atoms with Crippen LogP contribution in [0.1, 0.15) is 25.1 Å². The van der Waals surface area contributed by atoms with Gasteiger partial charge >= 0.3 is 0 Å². The van der Waals surface area contributed by atoms with Gasteiger partial charge in [0.25, 0.3) is 0 Å². The molecule has 3 N–H and O–H groups in total. The highest BCUT2D eigenvalue weighted by atomic mass is 16.1. The number of nitrogens with one attached hydrogen (secondary N) is 3. The van der Waals surface area contributed by atoms with E-state index in [0.717, 1.165) is 30.8 Å². The minimum absolute atomic E-state index is 0.00914. The lowest BCUT2D eigenvalue weighted by Crippen LogP contribution is -2.25. The maximum absolute atomic E-state index is 11.5. The fraction of sp³-hybridized carbons (Fsp3) is 0.600. The van der Waals surface area contributed by atoms with E-state index in [1.54, 1.807) is 0 Å². The summed E-state index contributed by atoms with van der Waals surface area (Å²) < 4.78 is 0. The van der Waals surface area contributed by atoms with Crippen LogP contribution < -0.4 is 10.6 Å². The summed E-state index contributed by atoms with van der Waals surface area (Å²) in [5, 5.41) is 13.2. The molecule has 5 heteroatoms. The van der Waals surface area contributed by atoms with Crippen LogP contribution in [0.4, 0.5) is 5.82 Å². The fourth-order valence-corrected chi connectivity index (χ4v) is 1.59. The number of aromatic nitrogens is 2. The van der Waals surface area contributed by atoms with Crippen molar-refractivity contribution in [3.8, 4) is 0 Å². The number of hydrogen-bond donors (Lipinski definition) is 3. The van der Waals surface area contributed by atoms with Crippen molar-refractivity contribution in [1.29, 1.82) is 0 Å². The van der Waals surface area contributed by atoms with Crippen molar-refractivity contribution in [2.45, 2.75) is 26.8 Å². The molecule has 1 aromatic rings. The van der Waals surface area contributed by atoms with E-state index in [9.17, 15) is 4.79 Å². The molecule has 0 saturated carbocycles. The normalized spacial score (nSPS) is 15.1. The van der Waals surface area contributed by atoms with Crippen LogP contribution in [0.2, 0.25) is 0 Å². The van der Waals surface area contributed by atoms with Gasteiger partial charge in [0.05, 0.1) is 0 Å². The van der Waals surface area contributed by atoms with E-state index in [2.05, 4.69) is 20.8 Å². The van der Waals surface area contributed by atoms with Gasteiger partial charge in [-0.3, -0.25) is 9.89 Å². The number of amides is 1. The lowest BCUT2D eigenvalue weighted by Gasteiger charge is -2.13. The molecule has 1 aromatic heterocycles. The second-order valence-corrected chi connectivity index (χ2v) is 4.10. The third-order valence-electron chi connectivity index (χ3n) is 2.57. The Morgan fingerprint density at radius 3 is 3.07 bits per heavy atom. The Balaban J connectivity index is 2.15. The molecule has 0 atom stereocenters. The SMILES string of the molecule is CC(C)C(=O)Nc1n[nH]c2c1CNCC2. The molecule has 1 aliphatic rings. The summed E-state index contributed by atoms with van der Waals surface area (Å²) in [4.78, 5) is 11.5. The van der Waals surface area contributed by atoms with Crippen LogP contribution in [-0.2, 0) is 17.8 Å². The van der Waals surface area contributed by atoms with Gasteiger partial charge in [-0.1, -0.05) is 13.8 Å². The second-order valence-electron chi connectivity index (χ2n) is 4.10. The first-order valence-corrected chi connectivity index (χ1v) is 5.26. The molecule has 0 bridgehead atoms. The predicted molar refractivity (Wildman–Crippen MR) is 57.5 cm³/mol. The lowest BCUT2D eigenvalue weighted by molar-refractivity contribution is -0.118.